The van der Waals surface area contributed by atoms with Crippen LogP contribution in [-0.2, 0) is 0 Å². The van der Waals surface area contributed by atoms with E-state index in [1.54, 1.807) is 0 Å². The molecule has 0 aliphatic heterocycles. The summed E-state index contributed by atoms with van der Waals surface area (Å²) in [5.74, 6) is 0.632. The molecule has 0 unspecified atom stereocenters. The molecule has 234 valence electrons. The lowest BCUT2D eigenvalue weighted by Crippen LogP contribution is -2.06. The van der Waals surface area contributed by atoms with E-state index in [9.17, 15) is 0 Å². The quantitative estimate of drug-likeness (QED) is 0.188. The van der Waals surface area contributed by atoms with Gasteiger partial charge in [0.15, 0.2) is 0 Å². The van der Waals surface area contributed by atoms with Crippen LogP contribution in [0, 0.1) is 0 Å². The molecule has 7 aromatic carbocycles. The molecule has 3 aromatic heterocycles. The van der Waals surface area contributed by atoms with E-state index in [1.807, 2.05) is 12.1 Å². The van der Waals surface area contributed by atoms with Gasteiger partial charge in [-0.3, -0.25) is 4.57 Å². The first-order valence-corrected chi connectivity index (χ1v) is 16.9. The van der Waals surface area contributed by atoms with Crippen LogP contribution in [0.2, 0.25) is 0 Å². The van der Waals surface area contributed by atoms with E-state index in [0.717, 1.165) is 55.5 Å². The van der Waals surface area contributed by atoms with Gasteiger partial charge in [-0.25, -0.2) is 9.97 Å². The van der Waals surface area contributed by atoms with Crippen LogP contribution in [-0.4, -0.2) is 19.1 Å². The molecule has 10 aromatic rings. The second-order valence-electron chi connectivity index (χ2n) is 12.6. The van der Waals surface area contributed by atoms with E-state index in [4.69, 9.17) is 9.97 Å². The molecule has 0 atom stereocenters. The smallest absolute Gasteiger partial charge is 0.235 e. The highest BCUT2D eigenvalue weighted by Crippen LogP contribution is 2.42. The normalized spacial score (nSPS) is 11.6. The Balaban J connectivity index is 1.36. The van der Waals surface area contributed by atoms with Crippen molar-refractivity contribution in [3.63, 3.8) is 0 Å². The van der Waals surface area contributed by atoms with Crippen molar-refractivity contribution in [2.24, 2.45) is 0 Å². The molecule has 10 rings (SSSR count). The molecule has 0 bridgehead atoms. The summed E-state index contributed by atoms with van der Waals surface area (Å²) in [6, 6.07) is 64.2. The molecule has 50 heavy (non-hydrogen) atoms. The zero-order valence-electron chi connectivity index (χ0n) is 27.1. The third-order valence-corrected chi connectivity index (χ3v) is 9.75. The molecule has 0 N–H and O–H groups in total. The van der Waals surface area contributed by atoms with Crippen molar-refractivity contribution in [1.29, 1.82) is 0 Å². The second kappa shape index (κ2) is 11.4. The Morgan fingerprint density at radius 1 is 0.340 bits per heavy atom. The lowest BCUT2D eigenvalue weighted by Gasteiger charge is -2.16. The summed E-state index contributed by atoms with van der Waals surface area (Å²) >= 11 is 0. The predicted molar refractivity (Wildman–Crippen MR) is 207 cm³/mol. The molecule has 0 aliphatic rings. The van der Waals surface area contributed by atoms with Gasteiger partial charge < -0.3 is 4.57 Å². The van der Waals surface area contributed by atoms with Gasteiger partial charge in [0.1, 0.15) is 0 Å². The van der Waals surface area contributed by atoms with Crippen molar-refractivity contribution in [2.75, 3.05) is 0 Å². The van der Waals surface area contributed by atoms with Gasteiger partial charge in [-0.05, 0) is 29.8 Å². The van der Waals surface area contributed by atoms with Crippen molar-refractivity contribution in [3.8, 4) is 45.3 Å². The Hall–Kier alpha value is -6.78. The van der Waals surface area contributed by atoms with E-state index in [1.165, 1.54) is 27.4 Å². The van der Waals surface area contributed by atoms with Gasteiger partial charge in [-0.15, -0.1) is 0 Å². The summed E-state index contributed by atoms with van der Waals surface area (Å²) in [5, 5.41) is 4.74. The number of fused-ring (bicyclic) bond motifs is 6. The van der Waals surface area contributed by atoms with Crippen LogP contribution < -0.4 is 0 Å². The van der Waals surface area contributed by atoms with Crippen molar-refractivity contribution in [3.05, 3.63) is 182 Å². The zero-order valence-corrected chi connectivity index (χ0v) is 27.1. The van der Waals surface area contributed by atoms with Gasteiger partial charge in [0.2, 0.25) is 5.95 Å². The van der Waals surface area contributed by atoms with Gasteiger partial charge in [-0.2, -0.15) is 0 Å². The molecular weight excluding hydrogens is 609 g/mol. The Bertz CT molecular complexity index is 2790. The molecule has 0 fully saturated rings. The topological polar surface area (TPSA) is 35.6 Å². The van der Waals surface area contributed by atoms with Crippen LogP contribution in [0.1, 0.15) is 0 Å². The Labute approximate surface area is 289 Å². The predicted octanol–water partition coefficient (Wildman–Crippen LogP) is 11.7. The van der Waals surface area contributed by atoms with Crippen LogP contribution >= 0.6 is 0 Å². The number of aromatic nitrogens is 4. The number of rotatable bonds is 5. The summed E-state index contributed by atoms with van der Waals surface area (Å²) in [4.78, 5) is 10.7. The standard InChI is InChI=1S/C46H30N4/c1-4-16-31(17-5-1)34-24-14-25-37-35-22-10-12-27-41(35)49(44(34)37)43-29-15-26-38-36-23-11-13-28-42(36)50(45(38)43)46-47-39(32-18-6-2-7-19-32)30-40(48-46)33-20-8-3-9-21-33/h1-30H. The van der Waals surface area contributed by atoms with Crippen LogP contribution in [0.3, 0.4) is 0 Å². The highest BCUT2D eigenvalue weighted by molar-refractivity contribution is 6.17. The zero-order chi connectivity index (χ0) is 33.0. The van der Waals surface area contributed by atoms with Crippen LogP contribution in [0.4, 0.5) is 0 Å². The van der Waals surface area contributed by atoms with Crippen molar-refractivity contribution < 1.29 is 0 Å². The van der Waals surface area contributed by atoms with Crippen LogP contribution in [0.25, 0.3) is 88.9 Å². The Kier molecular flexibility index (Phi) is 6.46. The number of benzene rings is 7. The molecule has 0 aliphatic carbocycles. The van der Waals surface area contributed by atoms with E-state index in [-0.39, 0.29) is 0 Å². The maximum Gasteiger partial charge on any atom is 0.235 e. The molecule has 3 heterocycles. The molecule has 0 saturated heterocycles. The van der Waals surface area contributed by atoms with Gasteiger partial charge >= 0.3 is 0 Å². The monoisotopic (exact) mass is 638 g/mol. The summed E-state index contributed by atoms with van der Waals surface area (Å²) in [7, 11) is 0. The first-order chi connectivity index (χ1) is 24.8. The lowest BCUT2D eigenvalue weighted by molar-refractivity contribution is 0.989. The van der Waals surface area contributed by atoms with Crippen LogP contribution in [0.5, 0.6) is 0 Å². The van der Waals surface area contributed by atoms with E-state index >= 15 is 0 Å². The number of para-hydroxylation sites is 4. The largest absolute Gasteiger partial charge is 0.306 e. The first-order valence-electron chi connectivity index (χ1n) is 16.9. The van der Waals surface area contributed by atoms with Crippen molar-refractivity contribution in [2.45, 2.75) is 0 Å². The SMILES string of the molecule is c1ccc(-c2cc(-c3ccccc3)nc(-n3c4ccccc4c4cccc(-n5c6ccccc6c6cccc(-c7ccccc7)c65)c43)n2)cc1. The maximum atomic E-state index is 5.33. The average Bonchev–Trinajstić information content (AvgIpc) is 3.72. The summed E-state index contributed by atoms with van der Waals surface area (Å²) < 4.78 is 4.72. The first kappa shape index (κ1) is 28.3. The van der Waals surface area contributed by atoms with E-state index in [0.29, 0.717) is 5.95 Å². The Morgan fingerprint density at radius 3 is 1.40 bits per heavy atom. The van der Waals surface area contributed by atoms with Gasteiger partial charge in [0, 0.05) is 38.2 Å². The summed E-state index contributed by atoms with van der Waals surface area (Å²) in [5.41, 5.74) is 11.7. The molecule has 0 radical (unpaired) electrons. The van der Waals surface area contributed by atoms with Gasteiger partial charge in [0.25, 0.3) is 0 Å². The molecule has 0 saturated carbocycles. The maximum absolute atomic E-state index is 5.33. The van der Waals surface area contributed by atoms with Crippen molar-refractivity contribution >= 4 is 43.6 Å². The number of hydrogen-bond donors (Lipinski definition) is 0. The van der Waals surface area contributed by atoms with Gasteiger partial charge in [-0.1, -0.05) is 158 Å². The van der Waals surface area contributed by atoms with E-state index < -0.39 is 0 Å². The third kappa shape index (κ3) is 4.39. The highest BCUT2D eigenvalue weighted by atomic mass is 15.2. The molecule has 4 heteroatoms. The van der Waals surface area contributed by atoms with Crippen molar-refractivity contribution in [1.82, 2.24) is 19.1 Å². The molecule has 0 spiro atoms. The highest BCUT2D eigenvalue weighted by Gasteiger charge is 2.23. The summed E-state index contributed by atoms with van der Waals surface area (Å²) in [6.45, 7) is 0. The fourth-order valence-electron chi connectivity index (χ4n) is 7.56. The summed E-state index contributed by atoms with van der Waals surface area (Å²) in [6.07, 6.45) is 0. The number of nitrogens with zero attached hydrogens (tertiary/aromatic N) is 4. The molecule has 4 nitrogen and oxygen atoms in total. The van der Waals surface area contributed by atoms with E-state index in [2.05, 4.69) is 179 Å². The molecule has 0 amide bonds. The van der Waals surface area contributed by atoms with Gasteiger partial charge in [0.05, 0.1) is 39.1 Å². The Morgan fingerprint density at radius 2 is 0.800 bits per heavy atom. The fraction of sp³-hybridized carbons (Fsp3) is 0. The third-order valence-electron chi connectivity index (χ3n) is 9.75. The van der Waals surface area contributed by atoms with Crippen LogP contribution in [0.15, 0.2) is 182 Å². The minimum atomic E-state index is 0.632. The minimum absolute atomic E-state index is 0.632. The molecular formula is C46H30N4. The fourth-order valence-corrected chi connectivity index (χ4v) is 7.56. The lowest BCUT2D eigenvalue weighted by atomic mass is 10.0. The minimum Gasteiger partial charge on any atom is -0.306 e. The second-order valence-corrected chi connectivity index (χ2v) is 12.6. The average molecular weight is 639 g/mol. The number of hydrogen-bond acceptors (Lipinski definition) is 2.